The van der Waals surface area contributed by atoms with Gasteiger partial charge in [0.15, 0.2) is 0 Å². The average molecular weight is 333 g/mol. The summed E-state index contributed by atoms with van der Waals surface area (Å²) >= 11 is 0. The third-order valence-corrected chi connectivity index (χ3v) is 4.22. The molecule has 1 amide bonds. The fraction of sp³-hybridized carbons (Fsp3) is 0.600. The molecule has 3 rings (SSSR count). The third kappa shape index (κ3) is 3.25. The van der Waals surface area contributed by atoms with Gasteiger partial charge in [-0.1, -0.05) is 0 Å². The first-order valence-electron chi connectivity index (χ1n) is 8.02. The first-order chi connectivity index (χ1) is 11.5. The number of hydrogen-bond acceptors (Lipinski definition) is 7. The highest BCUT2D eigenvalue weighted by atomic mass is 16.5. The van der Waals surface area contributed by atoms with Crippen LogP contribution in [-0.2, 0) is 4.79 Å². The van der Waals surface area contributed by atoms with Gasteiger partial charge in [0, 0.05) is 14.1 Å². The van der Waals surface area contributed by atoms with Crippen LogP contribution in [0.5, 0.6) is 0 Å². The molecule has 1 saturated heterocycles. The van der Waals surface area contributed by atoms with E-state index in [-0.39, 0.29) is 18.5 Å². The maximum absolute atomic E-state index is 12.4. The van der Waals surface area contributed by atoms with Gasteiger partial charge >= 0.3 is 0 Å². The predicted octanol–water partition coefficient (Wildman–Crippen LogP) is 1.25. The smallest absolute Gasteiger partial charge is 0.265 e. The predicted molar refractivity (Wildman–Crippen MR) is 88.9 cm³/mol. The second kappa shape index (κ2) is 6.60. The molecule has 1 aliphatic rings. The van der Waals surface area contributed by atoms with E-state index in [1.807, 2.05) is 27.9 Å². The van der Waals surface area contributed by atoms with Gasteiger partial charge in [-0.05, 0) is 38.4 Å². The second-order valence-electron chi connectivity index (χ2n) is 6.31. The van der Waals surface area contributed by atoms with Crippen molar-refractivity contribution in [1.82, 2.24) is 25.2 Å². The molecule has 1 fully saturated rings. The van der Waals surface area contributed by atoms with E-state index in [0.717, 1.165) is 36.5 Å². The Kier molecular flexibility index (Phi) is 4.52. The van der Waals surface area contributed by atoms with Crippen LogP contribution in [0.2, 0.25) is 0 Å². The summed E-state index contributed by atoms with van der Waals surface area (Å²) in [4.78, 5) is 20.7. The van der Waals surface area contributed by atoms with Crippen molar-refractivity contribution in [3.63, 3.8) is 0 Å². The number of carbonyl (C=O) groups excluding carboxylic acids is 1. The Morgan fingerprint density at radius 3 is 2.88 bits per heavy atom. The summed E-state index contributed by atoms with van der Waals surface area (Å²) in [6.07, 6.45) is 1.91. The van der Waals surface area contributed by atoms with Crippen LogP contribution in [-0.4, -0.2) is 58.3 Å². The van der Waals surface area contributed by atoms with Gasteiger partial charge in [-0.3, -0.25) is 14.8 Å². The Morgan fingerprint density at radius 1 is 1.46 bits per heavy atom. The van der Waals surface area contributed by atoms with E-state index in [1.165, 1.54) is 0 Å². The molecule has 9 heteroatoms. The second-order valence-corrected chi connectivity index (χ2v) is 6.31. The van der Waals surface area contributed by atoms with E-state index < -0.39 is 0 Å². The first kappa shape index (κ1) is 16.4. The Balaban J connectivity index is 1.66. The van der Waals surface area contributed by atoms with Crippen molar-refractivity contribution in [3.8, 4) is 0 Å². The first-order valence-corrected chi connectivity index (χ1v) is 8.02. The lowest BCUT2D eigenvalue weighted by atomic mass is 10.2. The molecule has 24 heavy (non-hydrogen) atoms. The van der Waals surface area contributed by atoms with Crippen molar-refractivity contribution in [2.45, 2.75) is 32.7 Å². The average Bonchev–Trinajstić information content (AvgIpc) is 3.23. The number of nitrogens with zero attached hydrogens (tertiary/aromatic N) is 5. The van der Waals surface area contributed by atoms with Gasteiger partial charge in [-0.15, -0.1) is 0 Å². The lowest BCUT2D eigenvalue weighted by molar-refractivity contribution is -0.117. The standard InChI is InChI=1S/C15H23N7O2/c1-9-13(10(2)19-18-9)16-12(23)8-22-7-5-6-11(22)14-17-15(20-24-14)21(3)4/h11H,5-8H2,1-4H3,(H,16,23)(H,18,19). The highest BCUT2D eigenvalue weighted by Gasteiger charge is 2.32. The van der Waals surface area contributed by atoms with E-state index >= 15 is 0 Å². The minimum atomic E-state index is -0.0677. The number of carbonyl (C=O) groups is 1. The van der Waals surface area contributed by atoms with Crippen LogP contribution in [0.25, 0.3) is 0 Å². The highest BCUT2D eigenvalue weighted by Crippen LogP contribution is 2.31. The Hall–Kier alpha value is -2.42. The minimum Gasteiger partial charge on any atom is -0.344 e. The number of aryl methyl sites for hydroxylation is 2. The topological polar surface area (TPSA) is 103 Å². The molecule has 0 saturated carbocycles. The van der Waals surface area contributed by atoms with Gasteiger partial charge in [0.2, 0.25) is 11.8 Å². The van der Waals surface area contributed by atoms with Gasteiger partial charge in [-0.25, -0.2) is 0 Å². The summed E-state index contributed by atoms with van der Waals surface area (Å²) in [5.41, 5.74) is 2.39. The fourth-order valence-electron chi connectivity index (χ4n) is 2.94. The van der Waals surface area contributed by atoms with Crippen molar-refractivity contribution < 1.29 is 9.32 Å². The summed E-state index contributed by atoms with van der Waals surface area (Å²) in [6.45, 7) is 4.87. The Labute approximate surface area is 140 Å². The maximum Gasteiger partial charge on any atom is 0.265 e. The highest BCUT2D eigenvalue weighted by molar-refractivity contribution is 5.93. The molecule has 130 valence electrons. The molecule has 2 N–H and O–H groups in total. The van der Waals surface area contributed by atoms with Crippen LogP contribution in [0.3, 0.4) is 0 Å². The quantitative estimate of drug-likeness (QED) is 0.848. The number of amides is 1. The fourth-order valence-corrected chi connectivity index (χ4v) is 2.94. The summed E-state index contributed by atoms with van der Waals surface area (Å²) in [5, 5.41) is 13.8. The van der Waals surface area contributed by atoms with Gasteiger partial charge in [0.1, 0.15) is 0 Å². The number of aromatic amines is 1. The number of hydrogen-bond donors (Lipinski definition) is 2. The molecule has 9 nitrogen and oxygen atoms in total. The molecule has 1 atom stereocenters. The number of aromatic nitrogens is 4. The molecule has 0 aliphatic carbocycles. The summed E-state index contributed by atoms with van der Waals surface area (Å²) in [7, 11) is 3.73. The zero-order chi connectivity index (χ0) is 17.3. The van der Waals surface area contributed by atoms with Crippen LogP contribution >= 0.6 is 0 Å². The van der Waals surface area contributed by atoms with E-state index in [0.29, 0.717) is 11.8 Å². The minimum absolute atomic E-state index is 0.0107. The van der Waals surface area contributed by atoms with Crippen molar-refractivity contribution in [2.75, 3.05) is 37.4 Å². The van der Waals surface area contributed by atoms with Crippen LogP contribution in [0, 0.1) is 13.8 Å². The Bertz CT molecular complexity index is 702. The van der Waals surface area contributed by atoms with E-state index in [1.54, 1.807) is 4.90 Å². The number of likely N-dealkylation sites (tertiary alicyclic amines) is 1. The van der Waals surface area contributed by atoms with Gasteiger partial charge in [-0.2, -0.15) is 10.1 Å². The van der Waals surface area contributed by atoms with Crippen LogP contribution in [0.4, 0.5) is 11.6 Å². The largest absolute Gasteiger partial charge is 0.344 e. The van der Waals surface area contributed by atoms with Crippen LogP contribution in [0.1, 0.15) is 36.2 Å². The molecule has 1 unspecified atom stereocenters. The molecule has 1 aliphatic heterocycles. The molecule has 2 aromatic heterocycles. The lowest BCUT2D eigenvalue weighted by Gasteiger charge is -2.20. The summed E-state index contributed by atoms with van der Waals surface area (Å²) in [6, 6.07) is -0.0107. The molecule has 3 heterocycles. The molecule has 0 spiro atoms. The molecule has 0 radical (unpaired) electrons. The monoisotopic (exact) mass is 333 g/mol. The summed E-state index contributed by atoms with van der Waals surface area (Å²) in [5.74, 6) is 1.05. The molecule has 2 aromatic rings. The van der Waals surface area contributed by atoms with Gasteiger partial charge in [0.25, 0.3) is 5.95 Å². The molecular weight excluding hydrogens is 310 g/mol. The van der Waals surface area contributed by atoms with Gasteiger partial charge in [0.05, 0.1) is 29.7 Å². The van der Waals surface area contributed by atoms with E-state index in [2.05, 4.69) is 30.6 Å². The summed E-state index contributed by atoms with van der Waals surface area (Å²) < 4.78 is 5.37. The Morgan fingerprint density at radius 2 is 2.25 bits per heavy atom. The molecule has 0 bridgehead atoms. The number of H-pyrrole nitrogens is 1. The van der Waals surface area contributed by atoms with Crippen molar-refractivity contribution in [1.29, 1.82) is 0 Å². The molecule has 0 aromatic carbocycles. The van der Waals surface area contributed by atoms with E-state index in [9.17, 15) is 4.79 Å². The number of rotatable bonds is 5. The zero-order valence-corrected chi connectivity index (χ0v) is 14.5. The SMILES string of the molecule is Cc1n[nH]c(C)c1NC(=O)CN1CCCC1c1nc(N(C)C)no1. The van der Waals surface area contributed by atoms with Crippen LogP contribution in [0.15, 0.2) is 4.52 Å². The van der Waals surface area contributed by atoms with Crippen LogP contribution < -0.4 is 10.2 Å². The number of nitrogens with one attached hydrogen (secondary N) is 2. The van der Waals surface area contributed by atoms with E-state index in [4.69, 9.17) is 4.52 Å². The lowest BCUT2D eigenvalue weighted by Crippen LogP contribution is -2.33. The van der Waals surface area contributed by atoms with Crippen molar-refractivity contribution in [3.05, 3.63) is 17.3 Å². The molecular formula is C15H23N7O2. The zero-order valence-electron chi connectivity index (χ0n) is 14.5. The third-order valence-electron chi connectivity index (χ3n) is 4.22. The van der Waals surface area contributed by atoms with Gasteiger partial charge < -0.3 is 14.7 Å². The van der Waals surface area contributed by atoms with Crippen molar-refractivity contribution >= 4 is 17.5 Å². The number of anilines is 2. The van der Waals surface area contributed by atoms with Crippen molar-refractivity contribution in [2.24, 2.45) is 0 Å². The maximum atomic E-state index is 12.4. The normalized spacial score (nSPS) is 18.1.